The Balaban J connectivity index is 1.91. The molecule has 0 aliphatic carbocycles. The van der Waals surface area contributed by atoms with Crippen LogP contribution < -0.4 is 14.2 Å². The van der Waals surface area contributed by atoms with E-state index in [2.05, 4.69) is 4.72 Å². The molecule has 0 radical (unpaired) electrons. The number of fused-ring (bicyclic) bond motifs is 1. The number of hydrogen-bond acceptors (Lipinski definition) is 4. The molecule has 1 N–H and O–H groups in total. The lowest BCUT2D eigenvalue weighted by Gasteiger charge is -2.23. The number of sulfonamides is 1. The number of hydrogen-bond donors (Lipinski definition) is 1. The van der Waals surface area contributed by atoms with Gasteiger partial charge in [0.1, 0.15) is 0 Å². The molecule has 0 bridgehead atoms. The minimum absolute atomic E-state index is 0.0724. The largest absolute Gasteiger partial charge is 0.490 e. The van der Waals surface area contributed by atoms with Gasteiger partial charge in [-0.1, -0.05) is 38.1 Å². The third-order valence-corrected chi connectivity index (χ3v) is 5.59. The summed E-state index contributed by atoms with van der Waals surface area (Å²) in [5, 5.41) is 0. The molecule has 1 heterocycles. The van der Waals surface area contributed by atoms with Crippen molar-refractivity contribution >= 4 is 10.0 Å². The molecule has 0 unspecified atom stereocenters. The lowest BCUT2D eigenvalue weighted by Crippen LogP contribution is -2.31. The van der Waals surface area contributed by atoms with E-state index in [1.165, 1.54) is 0 Å². The summed E-state index contributed by atoms with van der Waals surface area (Å²) in [5.41, 5.74) is 0.860. The Labute approximate surface area is 149 Å². The van der Waals surface area contributed by atoms with Crippen LogP contribution in [0.5, 0.6) is 11.5 Å². The summed E-state index contributed by atoms with van der Waals surface area (Å²) in [5.74, 6) is 1.44. The van der Waals surface area contributed by atoms with Crippen molar-refractivity contribution in [2.24, 2.45) is 5.92 Å². The molecule has 1 aliphatic heterocycles. The number of ether oxygens (including phenoxy) is 2. The molecule has 5 nitrogen and oxygen atoms in total. The highest BCUT2D eigenvalue weighted by Crippen LogP contribution is 2.34. The molecule has 0 saturated carbocycles. The normalized spacial score (nSPS) is 15.6. The van der Waals surface area contributed by atoms with Gasteiger partial charge in [-0.2, -0.15) is 0 Å². The first-order chi connectivity index (χ1) is 12.0. The number of nitrogens with one attached hydrogen (secondary N) is 1. The van der Waals surface area contributed by atoms with E-state index in [9.17, 15) is 8.42 Å². The van der Waals surface area contributed by atoms with Crippen LogP contribution in [0.4, 0.5) is 0 Å². The zero-order valence-corrected chi connectivity index (χ0v) is 15.3. The highest BCUT2D eigenvalue weighted by molar-refractivity contribution is 7.89. The highest BCUT2D eigenvalue weighted by Gasteiger charge is 2.25. The smallest absolute Gasteiger partial charge is 0.241 e. The van der Waals surface area contributed by atoms with Gasteiger partial charge in [-0.3, -0.25) is 0 Å². The van der Waals surface area contributed by atoms with Gasteiger partial charge in [0.15, 0.2) is 11.5 Å². The van der Waals surface area contributed by atoms with Crippen LogP contribution in [0.25, 0.3) is 0 Å². The van der Waals surface area contributed by atoms with E-state index in [-0.39, 0.29) is 16.9 Å². The Hall–Kier alpha value is -2.05. The van der Waals surface area contributed by atoms with Gasteiger partial charge in [0.2, 0.25) is 10.0 Å². The van der Waals surface area contributed by atoms with Gasteiger partial charge >= 0.3 is 0 Å². The first-order valence-corrected chi connectivity index (χ1v) is 9.92. The average molecular weight is 361 g/mol. The van der Waals surface area contributed by atoms with E-state index in [1.54, 1.807) is 30.3 Å². The van der Waals surface area contributed by atoms with Crippen molar-refractivity contribution in [1.29, 1.82) is 0 Å². The van der Waals surface area contributed by atoms with Gasteiger partial charge < -0.3 is 9.47 Å². The molecular weight excluding hydrogens is 338 g/mol. The van der Waals surface area contributed by atoms with Crippen molar-refractivity contribution in [2.45, 2.75) is 31.2 Å². The van der Waals surface area contributed by atoms with E-state index in [1.807, 2.05) is 32.0 Å². The monoisotopic (exact) mass is 361 g/mol. The molecule has 0 amide bonds. The summed E-state index contributed by atoms with van der Waals surface area (Å²) in [4.78, 5) is 0.259. The second-order valence-corrected chi connectivity index (χ2v) is 8.13. The van der Waals surface area contributed by atoms with Crippen molar-refractivity contribution < 1.29 is 17.9 Å². The van der Waals surface area contributed by atoms with Crippen LogP contribution in [0, 0.1) is 5.92 Å². The van der Waals surface area contributed by atoms with E-state index in [4.69, 9.17) is 9.47 Å². The fraction of sp³-hybridized carbons (Fsp3) is 0.368. The van der Waals surface area contributed by atoms with E-state index in [0.29, 0.717) is 24.7 Å². The molecule has 0 fully saturated rings. The summed E-state index contributed by atoms with van der Waals surface area (Å²) in [6, 6.07) is 13.7. The van der Waals surface area contributed by atoms with E-state index < -0.39 is 10.0 Å². The van der Waals surface area contributed by atoms with Crippen molar-refractivity contribution in [3.63, 3.8) is 0 Å². The predicted molar refractivity (Wildman–Crippen MR) is 96.4 cm³/mol. The minimum atomic E-state index is -3.60. The maximum Gasteiger partial charge on any atom is 0.241 e. The first-order valence-electron chi connectivity index (χ1n) is 8.44. The van der Waals surface area contributed by atoms with Crippen molar-refractivity contribution in [3.8, 4) is 11.5 Å². The molecule has 3 rings (SSSR count). The first kappa shape index (κ1) is 17.8. The molecule has 2 aromatic rings. The number of benzene rings is 2. The second kappa shape index (κ2) is 7.45. The number of rotatable bonds is 5. The van der Waals surface area contributed by atoms with Gasteiger partial charge in [0.05, 0.1) is 18.1 Å². The maximum absolute atomic E-state index is 12.7. The zero-order chi connectivity index (χ0) is 17.9. The fourth-order valence-corrected chi connectivity index (χ4v) is 4.19. The van der Waals surface area contributed by atoms with Crippen LogP contribution in [0.3, 0.4) is 0 Å². The van der Waals surface area contributed by atoms with Gasteiger partial charge in [-0.15, -0.1) is 0 Å². The topological polar surface area (TPSA) is 64.6 Å². The molecule has 0 spiro atoms. The lowest BCUT2D eigenvalue weighted by molar-refractivity contribution is 0.297. The fourth-order valence-electron chi connectivity index (χ4n) is 2.80. The van der Waals surface area contributed by atoms with Gasteiger partial charge in [-0.25, -0.2) is 13.1 Å². The third-order valence-electron chi connectivity index (χ3n) is 4.13. The van der Waals surface area contributed by atoms with Crippen LogP contribution in [0.1, 0.15) is 31.9 Å². The molecule has 1 atom stereocenters. The molecule has 25 heavy (non-hydrogen) atoms. The predicted octanol–water partition coefficient (Wildman–Crippen LogP) is 3.52. The van der Waals surface area contributed by atoms with Crippen LogP contribution in [0.15, 0.2) is 53.4 Å². The molecule has 0 saturated heterocycles. The minimum Gasteiger partial charge on any atom is -0.490 e. The Morgan fingerprint density at radius 2 is 1.64 bits per heavy atom. The third kappa shape index (κ3) is 4.14. The van der Waals surface area contributed by atoms with Crippen molar-refractivity contribution in [1.82, 2.24) is 4.72 Å². The average Bonchev–Trinajstić information content (AvgIpc) is 2.85. The van der Waals surface area contributed by atoms with Crippen LogP contribution >= 0.6 is 0 Å². The molecule has 1 aliphatic rings. The Bertz CT molecular complexity index is 819. The van der Waals surface area contributed by atoms with Crippen LogP contribution in [0.2, 0.25) is 0 Å². The molecule has 0 aromatic heterocycles. The van der Waals surface area contributed by atoms with E-state index >= 15 is 0 Å². The molecular formula is C19H23NO4S. The standard InChI is InChI=1S/C19H23NO4S/c1-14(2)19(20-25(21,22)16-7-4-3-5-8-16)15-9-10-17-18(13-15)24-12-6-11-23-17/h3-5,7-10,13-14,19-20H,6,11-12H2,1-2H3/t19-/m0/s1. The highest BCUT2D eigenvalue weighted by atomic mass is 32.2. The zero-order valence-electron chi connectivity index (χ0n) is 14.4. The van der Waals surface area contributed by atoms with Crippen LogP contribution in [-0.2, 0) is 10.0 Å². The second-order valence-electron chi connectivity index (χ2n) is 6.41. The van der Waals surface area contributed by atoms with Gasteiger partial charge in [0, 0.05) is 12.5 Å². The van der Waals surface area contributed by atoms with Gasteiger partial charge in [-0.05, 0) is 35.7 Å². The van der Waals surface area contributed by atoms with Crippen LogP contribution in [-0.4, -0.2) is 21.6 Å². The lowest BCUT2D eigenvalue weighted by atomic mass is 9.97. The summed E-state index contributed by atoms with van der Waals surface area (Å²) in [6.45, 7) is 5.20. The quantitative estimate of drug-likeness (QED) is 0.885. The molecule has 134 valence electrons. The Kier molecular flexibility index (Phi) is 5.30. The SMILES string of the molecule is CC(C)[C@H](NS(=O)(=O)c1ccccc1)c1ccc2c(c1)OCCCO2. The van der Waals surface area contributed by atoms with Crippen molar-refractivity contribution in [3.05, 3.63) is 54.1 Å². The van der Waals surface area contributed by atoms with Gasteiger partial charge in [0.25, 0.3) is 0 Å². The molecule has 6 heteroatoms. The summed E-state index contributed by atoms with van der Waals surface area (Å²) < 4.78 is 39.6. The van der Waals surface area contributed by atoms with E-state index in [0.717, 1.165) is 12.0 Å². The summed E-state index contributed by atoms with van der Waals surface area (Å²) in [6.07, 6.45) is 0.832. The summed E-state index contributed by atoms with van der Waals surface area (Å²) in [7, 11) is -3.60. The molecule has 2 aromatic carbocycles. The van der Waals surface area contributed by atoms with Crippen molar-refractivity contribution in [2.75, 3.05) is 13.2 Å². The Morgan fingerprint density at radius 1 is 0.960 bits per heavy atom. The summed E-state index contributed by atoms with van der Waals surface area (Å²) >= 11 is 0. The Morgan fingerprint density at radius 3 is 2.32 bits per heavy atom. The maximum atomic E-state index is 12.7.